The summed E-state index contributed by atoms with van der Waals surface area (Å²) in [6.07, 6.45) is 1.14. The predicted octanol–water partition coefficient (Wildman–Crippen LogP) is 1.75. The summed E-state index contributed by atoms with van der Waals surface area (Å²) in [7, 11) is -5.31. The van der Waals surface area contributed by atoms with Crippen molar-refractivity contribution in [3.05, 3.63) is 35.9 Å². The highest BCUT2D eigenvalue weighted by Crippen LogP contribution is 2.44. The van der Waals surface area contributed by atoms with E-state index in [1.165, 1.54) is 0 Å². The maximum atomic E-state index is 12.6. The fraction of sp³-hybridized carbons (Fsp3) is 0.562. The van der Waals surface area contributed by atoms with Crippen molar-refractivity contribution in [1.82, 2.24) is 9.62 Å². The maximum Gasteiger partial charge on any atom is 0.511 e. The van der Waals surface area contributed by atoms with Crippen LogP contribution in [0.2, 0.25) is 0 Å². The molecule has 1 spiro atoms. The lowest BCUT2D eigenvalue weighted by Gasteiger charge is -2.49. The molecule has 1 aromatic carbocycles. The molecule has 2 heterocycles. The van der Waals surface area contributed by atoms with E-state index in [0.717, 1.165) is 0 Å². The van der Waals surface area contributed by atoms with Gasteiger partial charge in [0.05, 0.1) is 5.60 Å². The van der Waals surface area contributed by atoms with Crippen LogP contribution in [0.5, 0.6) is 0 Å². The summed E-state index contributed by atoms with van der Waals surface area (Å²) in [5.74, 6) is -0.327. The number of hydrogen-bond donors (Lipinski definition) is 1. The number of ether oxygens (including phenoxy) is 1. The first kappa shape index (κ1) is 19.1. The van der Waals surface area contributed by atoms with Crippen LogP contribution in [0.15, 0.2) is 30.3 Å². The molecule has 1 amide bonds. The lowest BCUT2D eigenvalue weighted by Crippen LogP contribution is -2.67. The van der Waals surface area contributed by atoms with Crippen molar-refractivity contribution in [3.63, 3.8) is 0 Å². The molecule has 0 aromatic heterocycles. The van der Waals surface area contributed by atoms with Crippen molar-refractivity contribution in [2.75, 3.05) is 26.2 Å². The minimum atomic E-state index is -5.31. The van der Waals surface area contributed by atoms with Gasteiger partial charge in [0.2, 0.25) is 0 Å². The molecule has 2 aliphatic rings. The van der Waals surface area contributed by atoms with Crippen molar-refractivity contribution < 1.29 is 31.1 Å². The van der Waals surface area contributed by atoms with Crippen LogP contribution in [0.4, 0.5) is 13.2 Å². The third kappa shape index (κ3) is 3.45. The van der Waals surface area contributed by atoms with Gasteiger partial charge in [-0.25, -0.2) is 8.42 Å². The molecular formula is C16H19F3N2O4S. The minimum Gasteiger partial charge on any atom is -0.372 e. The van der Waals surface area contributed by atoms with Crippen LogP contribution in [0, 0.1) is 5.92 Å². The minimum absolute atomic E-state index is 0.0988. The fourth-order valence-corrected chi connectivity index (χ4v) is 4.53. The van der Waals surface area contributed by atoms with E-state index in [4.69, 9.17) is 4.74 Å². The van der Waals surface area contributed by atoms with Gasteiger partial charge in [-0.1, -0.05) is 18.2 Å². The molecule has 2 aliphatic heterocycles. The van der Waals surface area contributed by atoms with Gasteiger partial charge in [0.25, 0.3) is 5.91 Å². The summed E-state index contributed by atoms with van der Waals surface area (Å²) in [6.45, 7) is 0.116. The summed E-state index contributed by atoms with van der Waals surface area (Å²) in [5.41, 5.74) is -5.65. The summed E-state index contributed by atoms with van der Waals surface area (Å²) < 4.78 is 66.7. The highest BCUT2D eigenvalue weighted by Gasteiger charge is 2.61. The number of rotatable bonds is 5. The molecule has 1 atom stereocenters. The van der Waals surface area contributed by atoms with E-state index in [-0.39, 0.29) is 24.9 Å². The normalized spacial score (nSPS) is 23.0. The van der Waals surface area contributed by atoms with Gasteiger partial charge in [-0.15, -0.1) is 0 Å². The second kappa shape index (κ2) is 6.82. The lowest BCUT2D eigenvalue weighted by molar-refractivity contribution is -0.113. The van der Waals surface area contributed by atoms with Gasteiger partial charge in [-0.2, -0.15) is 17.5 Å². The van der Waals surface area contributed by atoms with E-state index in [9.17, 15) is 26.4 Å². The molecule has 6 nitrogen and oxygen atoms in total. The standard InChI is InChI=1S/C16H19F3N2O4S/c17-16(18,19)26(23,24)21-10-15(11-21)13(7-9-25-15)6-8-20-14(22)12-4-2-1-3-5-12/h1-5,13H,6-11H2,(H,20,22). The monoisotopic (exact) mass is 392 g/mol. The first-order valence-corrected chi connectivity index (χ1v) is 9.63. The fourth-order valence-electron chi connectivity index (χ4n) is 3.46. The SMILES string of the molecule is O=C(NCCC1CCOC12CN(S(=O)(=O)C(F)(F)F)C2)c1ccccc1. The Morgan fingerprint density at radius 1 is 1.27 bits per heavy atom. The van der Waals surface area contributed by atoms with E-state index in [2.05, 4.69) is 5.32 Å². The number of alkyl halides is 3. The van der Waals surface area contributed by atoms with Crippen LogP contribution in [0.3, 0.4) is 0 Å². The van der Waals surface area contributed by atoms with Crippen molar-refractivity contribution in [3.8, 4) is 0 Å². The first-order valence-electron chi connectivity index (χ1n) is 8.19. The largest absolute Gasteiger partial charge is 0.511 e. The number of halogens is 3. The van der Waals surface area contributed by atoms with E-state index < -0.39 is 21.1 Å². The predicted molar refractivity (Wildman–Crippen MR) is 86.7 cm³/mol. The number of nitrogens with zero attached hydrogens (tertiary/aromatic N) is 1. The zero-order chi connectivity index (χ0) is 19.0. The van der Waals surface area contributed by atoms with Gasteiger partial charge >= 0.3 is 15.5 Å². The molecule has 0 saturated carbocycles. The van der Waals surface area contributed by atoms with Crippen LogP contribution in [-0.2, 0) is 14.8 Å². The molecule has 0 bridgehead atoms. The molecule has 3 rings (SSSR count). The van der Waals surface area contributed by atoms with Crippen LogP contribution < -0.4 is 5.32 Å². The van der Waals surface area contributed by atoms with E-state index in [1.54, 1.807) is 30.3 Å². The maximum absolute atomic E-state index is 12.6. The Bertz CT molecular complexity index is 761. The van der Waals surface area contributed by atoms with Gasteiger partial charge in [0.15, 0.2) is 0 Å². The summed E-state index contributed by atoms with van der Waals surface area (Å²) in [5, 5.41) is 2.77. The summed E-state index contributed by atoms with van der Waals surface area (Å²) in [6, 6.07) is 8.66. The molecule has 144 valence electrons. The molecule has 0 radical (unpaired) electrons. The van der Waals surface area contributed by atoms with Crippen molar-refractivity contribution in [2.45, 2.75) is 24.0 Å². The Hall–Kier alpha value is -1.65. The average molecular weight is 392 g/mol. The second-order valence-electron chi connectivity index (χ2n) is 6.53. The first-order chi connectivity index (χ1) is 12.2. The third-order valence-electron chi connectivity index (χ3n) is 4.93. The molecule has 1 unspecified atom stereocenters. The zero-order valence-corrected chi connectivity index (χ0v) is 14.6. The number of benzene rings is 1. The smallest absolute Gasteiger partial charge is 0.372 e. The van der Waals surface area contributed by atoms with Crippen LogP contribution >= 0.6 is 0 Å². The Labute approximate surface area is 149 Å². The van der Waals surface area contributed by atoms with Gasteiger partial charge in [0.1, 0.15) is 0 Å². The summed E-state index contributed by atoms with van der Waals surface area (Å²) in [4.78, 5) is 12.0. The topological polar surface area (TPSA) is 75.7 Å². The lowest BCUT2D eigenvalue weighted by atomic mass is 9.80. The molecule has 2 saturated heterocycles. The van der Waals surface area contributed by atoms with E-state index >= 15 is 0 Å². The zero-order valence-electron chi connectivity index (χ0n) is 13.8. The van der Waals surface area contributed by atoms with Crippen LogP contribution in [-0.4, -0.2) is 56.0 Å². The Balaban J connectivity index is 1.53. The van der Waals surface area contributed by atoms with Crippen molar-refractivity contribution in [1.29, 1.82) is 0 Å². The van der Waals surface area contributed by atoms with E-state index in [1.807, 2.05) is 0 Å². The van der Waals surface area contributed by atoms with Crippen molar-refractivity contribution in [2.24, 2.45) is 5.92 Å². The van der Waals surface area contributed by atoms with Gasteiger partial charge in [0, 0.05) is 31.8 Å². The molecule has 1 aromatic rings. The highest BCUT2D eigenvalue weighted by atomic mass is 32.2. The number of amides is 1. The molecular weight excluding hydrogens is 373 g/mol. The number of sulfonamides is 1. The number of carbonyl (C=O) groups is 1. The average Bonchev–Trinajstić information content (AvgIpc) is 2.97. The third-order valence-corrected chi connectivity index (χ3v) is 6.46. The Kier molecular flexibility index (Phi) is 5.02. The number of nitrogens with one attached hydrogen (secondary N) is 1. The number of carbonyl (C=O) groups excluding carboxylic acids is 1. The molecule has 26 heavy (non-hydrogen) atoms. The molecule has 0 aliphatic carbocycles. The quantitative estimate of drug-likeness (QED) is 0.828. The van der Waals surface area contributed by atoms with Crippen LogP contribution in [0.1, 0.15) is 23.2 Å². The van der Waals surface area contributed by atoms with Gasteiger partial charge < -0.3 is 10.1 Å². The molecule has 10 heteroatoms. The highest BCUT2D eigenvalue weighted by molar-refractivity contribution is 7.90. The molecule has 1 N–H and O–H groups in total. The second-order valence-corrected chi connectivity index (χ2v) is 8.46. The van der Waals surface area contributed by atoms with Crippen molar-refractivity contribution >= 4 is 15.9 Å². The van der Waals surface area contributed by atoms with Crippen LogP contribution in [0.25, 0.3) is 0 Å². The van der Waals surface area contributed by atoms with E-state index in [0.29, 0.717) is 35.9 Å². The Morgan fingerprint density at radius 3 is 2.54 bits per heavy atom. The Morgan fingerprint density at radius 2 is 1.92 bits per heavy atom. The summed E-state index contributed by atoms with van der Waals surface area (Å²) >= 11 is 0. The van der Waals surface area contributed by atoms with Gasteiger partial charge in [-0.3, -0.25) is 4.79 Å². The molecule has 2 fully saturated rings. The number of hydrogen-bond acceptors (Lipinski definition) is 4. The van der Waals surface area contributed by atoms with Gasteiger partial charge in [-0.05, 0) is 30.9 Å².